The summed E-state index contributed by atoms with van der Waals surface area (Å²) in [5.74, 6) is -0.905. The fourth-order valence-electron chi connectivity index (χ4n) is 3.05. The molecule has 0 spiro atoms. The maximum Gasteiger partial charge on any atom is 0.163 e. The quantitative estimate of drug-likeness (QED) is 0.889. The summed E-state index contributed by atoms with van der Waals surface area (Å²) in [6, 6.07) is 4.06. The number of hydrogen-bond donors (Lipinski definition) is 1. The van der Waals surface area contributed by atoms with Gasteiger partial charge in [-0.25, -0.2) is 8.78 Å². The van der Waals surface area contributed by atoms with Gasteiger partial charge in [0, 0.05) is 24.7 Å². The van der Waals surface area contributed by atoms with Crippen LogP contribution in [0.25, 0.3) is 0 Å². The minimum Gasteiger partial charge on any atom is -0.329 e. The molecule has 0 saturated heterocycles. The van der Waals surface area contributed by atoms with Crippen molar-refractivity contribution in [2.75, 3.05) is 20.1 Å². The summed E-state index contributed by atoms with van der Waals surface area (Å²) in [6.45, 7) is 1.20. The molecule has 4 heteroatoms. The Hall–Kier alpha value is -1.00. The number of likely N-dealkylation sites (N-methyl/N-ethyl adjacent to an activating group) is 1. The van der Waals surface area contributed by atoms with Crippen LogP contribution < -0.4 is 5.73 Å². The third-order valence-corrected chi connectivity index (χ3v) is 4.12. The molecule has 1 aliphatic carbocycles. The zero-order valence-electron chi connectivity index (χ0n) is 11.4. The lowest BCUT2D eigenvalue weighted by Crippen LogP contribution is -2.34. The van der Waals surface area contributed by atoms with Crippen LogP contribution in [0.15, 0.2) is 18.2 Å². The minimum atomic E-state index is -0.801. The van der Waals surface area contributed by atoms with Gasteiger partial charge in [-0.05, 0) is 31.9 Å². The molecule has 2 nitrogen and oxygen atoms in total. The largest absolute Gasteiger partial charge is 0.329 e. The van der Waals surface area contributed by atoms with Crippen molar-refractivity contribution < 1.29 is 8.78 Å². The van der Waals surface area contributed by atoms with E-state index in [2.05, 4.69) is 4.90 Å². The number of benzene rings is 1. The van der Waals surface area contributed by atoms with Crippen LogP contribution in [-0.4, -0.2) is 25.0 Å². The predicted molar refractivity (Wildman–Crippen MR) is 72.7 cm³/mol. The first-order valence-electron chi connectivity index (χ1n) is 6.97. The van der Waals surface area contributed by atoms with E-state index in [1.54, 1.807) is 12.1 Å². The van der Waals surface area contributed by atoms with Gasteiger partial charge in [-0.3, -0.25) is 4.90 Å². The first-order valence-corrected chi connectivity index (χ1v) is 6.97. The maximum atomic E-state index is 13.9. The zero-order chi connectivity index (χ0) is 13.8. The summed E-state index contributed by atoms with van der Waals surface area (Å²) >= 11 is 0. The normalized spacial score (nSPS) is 18.2. The molecule has 2 N–H and O–H groups in total. The molecule has 0 heterocycles. The second kappa shape index (κ2) is 6.44. The van der Waals surface area contributed by atoms with Gasteiger partial charge < -0.3 is 5.73 Å². The first kappa shape index (κ1) is 14.4. The van der Waals surface area contributed by atoms with Gasteiger partial charge in [0.15, 0.2) is 11.6 Å². The molecule has 0 bridgehead atoms. The average molecular weight is 268 g/mol. The SMILES string of the molecule is CN(CC1CCCC1)C(CN)c1cccc(F)c1F. The van der Waals surface area contributed by atoms with E-state index >= 15 is 0 Å². The highest BCUT2D eigenvalue weighted by molar-refractivity contribution is 5.23. The number of nitrogens with two attached hydrogens (primary N) is 1. The molecular weight excluding hydrogens is 246 g/mol. The molecule has 0 aromatic heterocycles. The Morgan fingerprint density at radius 3 is 2.63 bits per heavy atom. The van der Waals surface area contributed by atoms with Gasteiger partial charge in [-0.15, -0.1) is 0 Å². The molecule has 1 atom stereocenters. The fourth-order valence-corrected chi connectivity index (χ4v) is 3.05. The van der Waals surface area contributed by atoms with Gasteiger partial charge in [0.05, 0.1) is 0 Å². The Kier molecular flexibility index (Phi) is 4.88. The van der Waals surface area contributed by atoms with E-state index in [0.717, 1.165) is 12.6 Å². The molecule has 1 aliphatic rings. The van der Waals surface area contributed by atoms with Crippen LogP contribution >= 0.6 is 0 Å². The molecule has 2 rings (SSSR count). The smallest absolute Gasteiger partial charge is 0.163 e. The average Bonchev–Trinajstić information content (AvgIpc) is 2.88. The van der Waals surface area contributed by atoms with Crippen molar-refractivity contribution in [1.82, 2.24) is 4.90 Å². The Labute approximate surface area is 113 Å². The van der Waals surface area contributed by atoms with E-state index in [0.29, 0.717) is 18.0 Å². The number of nitrogens with zero attached hydrogens (tertiary/aromatic N) is 1. The monoisotopic (exact) mass is 268 g/mol. The van der Waals surface area contributed by atoms with E-state index in [9.17, 15) is 8.78 Å². The van der Waals surface area contributed by atoms with Crippen molar-refractivity contribution in [3.8, 4) is 0 Å². The standard InChI is InChI=1S/C15H22F2N2/c1-19(10-11-5-2-3-6-11)14(9-18)12-7-4-8-13(16)15(12)17/h4,7-8,11,14H,2-3,5-6,9-10,18H2,1H3. The van der Waals surface area contributed by atoms with Crippen LogP contribution in [0.4, 0.5) is 8.78 Å². The summed E-state index contributed by atoms with van der Waals surface area (Å²) in [6.07, 6.45) is 5.01. The molecule has 106 valence electrons. The van der Waals surface area contributed by atoms with E-state index in [1.807, 2.05) is 7.05 Å². The summed E-state index contributed by atoms with van der Waals surface area (Å²) in [5, 5.41) is 0. The van der Waals surface area contributed by atoms with Crippen LogP contribution in [0.2, 0.25) is 0 Å². The summed E-state index contributed by atoms with van der Waals surface area (Å²) in [4.78, 5) is 2.06. The third kappa shape index (κ3) is 3.31. The topological polar surface area (TPSA) is 29.3 Å². The number of rotatable bonds is 5. The molecule has 1 unspecified atom stereocenters. The molecule has 1 aromatic rings. The molecular formula is C15H22F2N2. The van der Waals surface area contributed by atoms with Crippen molar-refractivity contribution in [2.45, 2.75) is 31.7 Å². The fraction of sp³-hybridized carbons (Fsp3) is 0.600. The molecule has 0 amide bonds. The van der Waals surface area contributed by atoms with Gasteiger partial charge in [0.1, 0.15) is 0 Å². The van der Waals surface area contributed by atoms with Crippen LogP contribution in [0.1, 0.15) is 37.3 Å². The highest BCUT2D eigenvalue weighted by Gasteiger charge is 2.24. The van der Waals surface area contributed by atoms with Crippen molar-refractivity contribution in [2.24, 2.45) is 11.7 Å². The lowest BCUT2D eigenvalue weighted by Gasteiger charge is -2.30. The molecule has 1 saturated carbocycles. The van der Waals surface area contributed by atoms with Crippen molar-refractivity contribution >= 4 is 0 Å². The molecule has 0 aliphatic heterocycles. The Morgan fingerprint density at radius 2 is 2.00 bits per heavy atom. The summed E-state index contributed by atoms with van der Waals surface area (Å²) in [7, 11) is 1.94. The van der Waals surface area contributed by atoms with Crippen LogP contribution in [-0.2, 0) is 0 Å². The van der Waals surface area contributed by atoms with E-state index < -0.39 is 11.6 Å². The van der Waals surface area contributed by atoms with Crippen molar-refractivity contribution in [1.29, 1.82) is 0 Å². The number of halogens is 2. The molecule has 1 fully saturated rings. The molecule has 0 radical (unpaired) electrons. The second-order valence-corrected chi connectivity index (χ2v) is 5.48. The van der Waals surface area contributed by atoms with Gasteiger partial charge in [-0.1, -0.05) is 25.0 Å². The predicted octanol–water partition coefficient (Wildman–Crippen LogP) is 3.09. The lowest BCUT2D eigenvalue weighted by molar-refractivity contribution is 0.207. The maximum absolute atomic E-state index is 13.9. The third-order valence-electron chi connectivity index (χ3n) is 4.12. The van der Waals surface area contributed by atoms with Crippen LogP contribution in [0.3, 0.4) is 0 Å². The first-order chi connectivity index (χ1) is 9.13. The van der Waals surface area contributed by atoms with Gasteiger partial charge in [0.2, 0.25) is 0 Å². The van der Waals surface area contributed by atoms with E-state index in [-0.39, 0.29) is 6.04 Å². The van der Waals surface area contributed by atoms with Gasteiger partial charge in [0.25, 0.3) is 0 Å². The van der Waals surface area contributed by atoms with Crippen molar-refractivity contribution in [3.05, 3.63) is 35.4 Å². The summed E-state index contributed by atoms with van der Waals surface area (Å²) < 4.78 is 27.2. The van der Waals surface area contributed by atoms with Crippen molar-refractivity contribution in [3.63, 3.8) is 0 Å². The minimum absolute atomic E-state index is 0.253. The Morgan fingerprint density at radius 1 is 1.32 bits per heavy atom. The molecule has 1 aromatic carbocycles. The lowest BCUT2D eigenvalue weighted by atomic mass is 10.0. The highest BCUT2D eigenvalue weighted by Crippen LogP contribution is 2.29. The van der Waals surface area contributed by atoms with Crippen LogP contribution in [0.5, 0.6) is 0 Å². The van der Waals surface area contributed by atoms with Gasteiger partial charge in [-0.2, -0.15) is 0 Å². The Bertz CT molecular complexity index is 417. The van der Waals surface area contributed by atoms with Gasteiger partial charge >= 0.3 is 0 Å². The highest BCUT2D eigenvalue weighted by atomic mass is 19.2. The van der Waals surface area contributed by atoms with E-state index in [1.165, 1.54) is 25.7 Å². The van der Waals surface area contributed by atoms with E-state index in [4.69, 9.17) is 5.73 Å². The number of hydrogen-bond acceptors (Lipinski definition) is 2. The van der Waals surface area contributed by atoms with Crippen LogP contribution in [0, 0.1) is 17.6 Å². The second-order valence-electron chi connectivity index (χ2n) is 5.48. The zero-order valence-corrected chi connectivity index (χ0v) is 11.4. The molecule has 19 heavy (non-hydrogen) atoms. The summed E-state index contributed by atoms with van der Waals surface area (Å²) in [5.41, 5.74) is 6.13. The Balaban J connectivity index is 2.11.